The zero-order chi connectivity index (χ0) is 16.9. The van der Waals surface area contributed by atoms with Gasteiger partial charge in [0.15, 0.2) is 6.61 Å². The second-order valence-electron chi connectivity index (χ2n) is 5.72. The number of benzene rings is 2. The number of hydrogen-bond donors (Lipinski definition) is 0. The van der Waals surface area contributed by atoms with Crippen LogP contribution in [0.2, 0.25) is 0 Å². The Bertz CT molecular complexity index is 795. The van der Waals surface area contributed by atoms with Crippen molar-refractivity contribution in [3.8, 4) is 0 Å². The first kappa shape index (κ1) is 16.0. The largest absolute Gasteiger partial charge is 0.452 e. The summed E-state index contributed by atoms with van der Waals surface area (Å²) < 4.78 is 5.08. The molecule has 4 heteroatoms. The van der Waals surface area contributed by atoms with E-state index < -0.39 is 5.97 Å². The molecule has 0 unspecified atom stereocenters. The van der Waals surface area contributed by atoms with Gasteiger partial charge in [0.05, 0.1) is 0 Å². The van der Waals surface area contributed by atoms with Crippen LogP contribution < -0.4 is 4.90 Å². The van der Waals surface area contributed by atoms with Gasteiger partial charge in [-0.3, -0.25) is 4.79 Å². The third-order valence-corrected chi connectivity index (χ3v) is 4.11. The van der Waals surface area contributed by atoms with Gasteiger partial charge >= 0.3 is 5.97 Å². The van der Waals surface area contributed by atoms with E-state index in [1.807, 2.05) is 55.5 Å². The Balaban J connectivity index is 1.55. The van der Waals surface area contributed by atoms with Crippen molar-refractivity contribution in [2.45, 2.75) is 13.3 Å². The number of rotatable bonds is 4. The molecule has 1 aliphatic heterocycles. The van der Waals surface area contributed by atoms with E-state index in [0.717, 1.165) is 28.8 Å². The normalized spacial score (nSPS) is 13.1. The molecule has 2 aromatic rings. The third-order valence-electron chi connectivity index (χ3n) is 4.11. The number of esters is 1. The highest BCUT2D eigenvalue weighted by molar-refractivity contribution is 5.98. The second-order valence-corrected chi connectivity index (χ2v) is 5.72. The fourth-order valence-corrected chi connectivity index (χ4v) is 2.79. The van der Waals surface area contributed by atoms with E-state index in [1.54, 1.807) is 11.0 Å². The number of nitrogens with zero attached hydrogens (tertiary/aromatic N) is 1. The molecule has 0 N–H and O–H groups in total. The van der Waals surface area contributed by atoms with Gasteiger partial charge in [0.1, 0.15) is 0 Å². The van der Waals surface area contributed by atoms with E-state index in [-0.39, 0.29) is 12.5 Å². The molecular formula is C20H19NO3. The van der Waals surface area contributed by atoms with Crippen LogP contribution in [0.3, 0.4) is 0 Å². The monoisotopic (exact) mass is 321 g/mol. The first-order chi connectivity index (χ1) is 11.6. The van der Waals surface area contributed by atoms with Crippen molar-refractivity contribution in [1.29, 1.82) is 0 Å². The van der Waals surface area contributed by atoms with E-state index >= 15 is 0 Å². The molecule has 1 heterocycles. The Morgan fingerprint density at radius 3 is 2.71 bits per heavy atom. The van der Waals surface area contributed by atoms with Crippen molar-refractivity contribution in [3.05, 3.63) is 71.3 Å². The molecule has 0 aliphatic carbocycles. The molecule has 1 amide bonds. The Kier molecular flexibility index (Phi) is 4.75. The number of para-hydroxylation sites is 1. The molecule has 2 aromatic carbocycles. The summed E-state index contributed by atoms with van der Waals surface area (Å²) in [5.41, 5.74) is 4.09. The van der Waals surface area contributed by atoms with Crippen molar-refractivity contribution in [2.75, 3.05) is 18.1 Å². The highest BCUT2D eigenvalue weighted by atomic mass is 16.5. The van der Waals surface area contributed by atoms with Crippen molar-refractivity contribution in [2.24, 2.45) is 0 Å². The van der Waals surface area contributed by atoms with Crippen LogP contribution in [0.4, 0.5) is 5.69 Å². The topological polar surface area (TPSA) is 46.6 Å². The molecule has 1 aliphatic rings. The van der Waals surface area contributed by atoms with Gasteiger partial charge in [0, 0.05) is 18.3 Å². The predicted molar refractivity (Wildman–Crippen MR) is 93.7 cm³/mol. The fourth-order valence-electron chi connectivity index (χ4n) is 2.79. The summed E-state index contributed by atoms with van der Waals surface area (Å²) in [5.74, 6) is -0.711. The van der Waals surface area contributed by atoms with Crippen molar-refractivity contribution in [1.82, 2.24) is 0 Å². The first-order valence-corrected chi connectivity index (χ1v) is 7.94. The molecule has 0 fully saturated rings. The molecule has 0 atom stereocenters. The summed E-state index contributed by atoms with van der Waals surface area (Å²) in [6, 6.07) is 15.5. The Morgan fingerprint density at radius 2 is 1.88 bits per heavy atom. The van der Waals surface area contributed by atoms with Crippen LogP contribution in [0.5, 0.6) is 0 Å². The lowest BCUT2D eigenvalue weighted by Gasteiger charge is -2.16. The molecule has 0 bridgehead atoms. The smallest absolute Gasteiger partial charge is 0.331 e. The zero-order valence-corrected chi connectivity index (χ0v) is 13.6. The van der Waals surface area contributed by atoms with Crippen LogP contribution in [-0.4, -0.2) is 25.0 Å². The summed E-state index contributed by atoms with van der Waals surface area (Å²) in [5, 5.41) is 0. The quantitative estimate of drug-likeness (QED) is 0.642. The summed E-state index contributed by atoms with van der Waals surface area (Å²) in [6.45, 7) is 2.36. The standard InChI is InChI=1S/C20H19NO3/c1-15-6-2-3-7-16(15)10-11-20(23)24-14-19(22)21-13-12-17-8-4-5-9-18(17)21/h2-11H,12-14H2,1H3/b11-10+. The van der Waals surface area contributed by atoms with E-state index in [1.165, 1.54) is 6.08 Å². The van der Waals surface area contributed by atoms with Crippen LogP contribution in [0.25, 0.3) is 6.08 Å². The van der Waals surface area contributed by atoms with Crippen LogP contribution in [0.1, 0.15) is 16.7 Å². The Labute approximate surface area is 141 Å². The van der Waals surface area contributed by atoms with E-state index in [9.17, 15) is 9.59 Å². The highest BCUT2D eigenvalue weighted by Gasteiger charge is 2.24. The van der Waals surface area contributed by atoms with Gasteiger partial charge in [-0.1, -0.05) is 42.5 Å². The molecule has 4 nitrogen and oxygen atoms in total. The van der Waals surface area contributed by atoms with Crippen LogP contribution in [0.15, 0.2) is 54.6 Å². The summed E-state index contributed by atoms with van der Waals surface area (Å²) in [6.07, 6.45) is 3.89. The molecule has 24 heavy (non-hydrogen) atoms. The lowest BCUT2D eigenvalue weighted by molar-refractivity contribution is -0.142. The lowest BCUT2D eigenvalue weighted by atomic mass is 10.1. The molecule has 0 spiro atoms. The average Bonchev–Trinajstić information content (AvgIpc) is 3.03. The molecule has 0 saturated heterocycles. The maximum absolute atomic E-state index is 12.3. The molecule has 3 rings (SSSR count). The maximum atomic E-state index is 12.3. The van der Waals surface area contributed by atoms with Gasteiger partial charge in [-0.2, -0.15) is 0 Å². The van der Waals surface area contributed by atoms with E-state index in [2.05, 4.69) is 0 Å². The van der Waals surface area contributed by atoms with Crippen LogP contribution in [-0.2, 0) is 20.7 Å². The summed E-state index contributed by atoms with van der Waals surface area (Å²) in [4.78, 5) is 25.8. The predicted octanol–water partition coefficient (Wildman–Crippen LogP) is 3.14. The van der Waals surface area contributed by atoms with Crippen molar-refractivity contribution in [3.63, 3.8) is 0 Å². The van der Waals surface area contributed by atoms with Gasteiger partial charge in [-0.05, 0) is 42.2 Å². The molecule has 0 aromatic heterocycles. The minimum Gasteiger partial charge on any atom is -0.452 e. The SMILES string of the molecule is Cc1ccccc1/C=C/C(=O)OCC(=O)N1CCc2ccccc21. The minimum absolute atomic E-state index is 0.197. The van der Waals surface area contributed by atoms with Gasteiger partial charge in [0.25, 0.3) is 5.91 Å². The number of amides is 1. The number of carbonyl (C=O) groups is 2. The summed E-state index contributed by atoms with van der Waals surface area (Å²) >= 11 is 0. The first-order valence-electron chi connectivity index (χ1n) is 7.94. The number of hydrogen-bond acceptors (Lipinski definition) is 3. The number of fused-ring (bicyclic) bond motifs is 1. The van der Waals surface area contributed by atoms with Crippen LogP contribution >= 0.6 is 0 Å². The highest BCUT2D eigenvalue weighted by Crippen LogP contribution is 2.27. The fraction of sp³-hybridized carbons (Fsp3) is 0.200. The van der Waals surface area contributed by atoms with Crippen molar-refractivity contribution < 1.29 is 14.3 Å². The number of aryl methyl sites for hydroxylation is 1. The maximum Gasteiger partial charge on any atom is 0.331 e. The van der Waals surface area contributed by atoms with Gasteiger partial charge in [0.2, 0.25) is 0 Å². The molecular weight excluding hydrogens is 302 g/mol. The van der Waals surface area contributed by atoms with E-state index in [0.29, 0.717) is 6.54 Å². The molecule has 0 radical (unpaired) electrons. The van der Waals surface area contributed by atoms with E-state index in [4.69, 9.17) is 4.74 Å². The van der Waals surface area contributed by atoms with Crippen molar-refractivity contribution >= 4 is 23.6 Å². The molecule has 122 valence electrons. The third kappa shape index (κ3) is 3.54. The van der Waals surface area contributed by atoms with Gasteiger partial charge < -0.3 is 9.64 Å². The second kappa shape index (κ2) is 7.13. The number of anilines is 1. The van der Waals surface area contributed by atoms with Gasteiger partial charge in [-0.25, -0.2) is 4.79 Å². The Morgan fingerprint density at radius 1 is 1.12 bits per heavy atom. The summed E-state index contributed by atoms with van der Waals surface area (Å²) in [7, 11) is 0. The number of ether oxygens (including phenoxy) is 1. The number of carbonyl (C=O) groups excluding carboxylic acids is 2. The molecule has 0 saturated carbocycles. The minimum atomic E-state index is -0.515. The average molecular weight is 321 g/mol. The zero-order valence-electron chi connectivity index (χ0n) is 13.6. The Hall–Kier alpha value is -2.88. The lowest BCUT2D eigenvalue weighted by Crippen LogP contribution is -2.33. The van der Waals surface area contributed by atoms with Gasteiger partial charge in [-0.15, -0.1) is 0 Å². The van der Waals surface area contributed by atoms with Crippen LogP contribution in [0, 0.1) is 6.92 Å².